The topological polar surface area (TPSA) is 43.4 Å². The van der Waals surface area contributed by atoms with Gasteiger partial charge in [0.2, 0.25) is 0 Å². The maximum absolute atomic E-state index is 12.2. The first kappa shape index (κ1) is 18.9. The zero-order valence-electron chi connectivity index (χ0n) is 14.9. The van der Waals surface area contributed by atoms with E-state index in [1.165, 1.54) is 12.7 Å². The summed E-state index contributed by atoms with van der Waals surface area (Å²) in [6.45, 7) is 0. The van der Waals surface area contributed by atoms with Gasteiger partial charge in [0.05, 0.1) is 7.11 Å². The van der Waals surface area contributed by atoms with E-state index in [-0.39, 0.29) is 11.8 Å². The zero-order chi connectivity index (χ0) is 17.9. The number of unbranched alkanes of at least 4 members (excludes halogenated alkanes) is 1. The van der Waals surface area contributed by atoms with Crippen molar-refractivity contribution >= 4 is 11.8 Å². The lowest BCUT2D eigenvalue weighted by Gasteiger charge is -2.05. The van der Waals surface area contributed by atoms with Gasteiger partial charge in [-0.1, -0.05) is 54.6 Å². The Morgan fingerprint density at radius 1 is 0.760 bits per heavy atom. The van der Waals surface area contributed by atoms with E-state index in [0.29, 0.717) is 12.8 Å². The van der Waals surface area contributed by atoms with Gasteiger partial charge in [0.1, 0.15) is 0 Å². The van der Waals surface area contributed by atoms with Crippen LogP contribution >= 0.6 is 0 Å². The standard InChI is InChI=1S/C22H26O3/c1-25-22(24)13-7-11-19-14-16-20(17-15-19)21(23)12-6-5-10-18-8-3-2-4-9-18/h2-4,8-9,14-17H,5-7,10-13H2,1H3. The Kier molecular flexibility index (Phi) is 7.90. The molecule has 0 aliphatic rings. The number of aryl methyl sites for hydroxylation is 2. The second kappa shape index (κ2) is 10.4. The Bertz CT molecular complexity index is 659. The number of benzene rings is 2. The van der Waals surface area contributed by atoms with Crippen LogP contribution in [0, 0.1) is 0 Å². The average Bonchev–Trinajstić information content (AvgIpc) is 2.66. The van der Waals surface area contributed by atoms with Crippen molar-refractivity contribution in [1.29, 1.82) is 0 Å². The average molecular weight is 338 g/mol. The number of ether oxygens (including phenoxy) is 1. The molecular weight excluding hydrogens is 312 g/mol. The van der Waals surface area contributed by atoms with Gasteiger partial charge in [0, 0.05) is 18.4 Å². The van der Waals surface area contributed by atoms with Crippen LogP contribution in [-0.4, -0.2) is 18.9 Å². The number of esters is 1. The normalized spacial score (nSPS) is 10.4. The van der Waals surface area contributed by atoms with Gasteiger partial charge in [-0.25, -0.2) is 0 Å². The number of carbonyl (C=O) groups excluding carboxylic acids is 2. The first-order valence-corrected chi connectivity index (χ1v) is 8.92. The van der Waals surface area contributed by atoms with Gasteiger partial charge in [-0.05, 0) is 43.2 Å². The predicted molar refractivity (Wildman–Crippen MR) is 99.7 cm³/mol. The van der Waals surface area contributed by atoms with Crippen LogP contribution in [0.5, 0.6) is 0 Å². The van der Waals surface area contributed by atoms with Crippen LogP contribution in [0.15, 0.2) is 54.6 Å². The Hall–Kier alpha value is -2.42. The fraction of sp³-hybridized carbons (Fsp3) is 0.364. The molecule has 2 aromatic carbocycles. The third-order valence-electron chi connectivity index (χ3n) is 4.31. The third-order valence-corrected chi connectivity index (χ3v) is 4.31. The summed E-state index contributed by atoms with van der Waals surface area (Å²) in [6.07, 6.45) is 5.57. The van der Waals surface area contributed by atoms with Gasteiger partial charge in [-0.15, -0.1) is 0 Å². The van der Waals surface area contributed by atoms with Crippen LogP contribution in [-0.2, 0) is 22.4 Å². The van der Waals surface area contributed by atoms with Gasteiger partial charge < -0.3 is 4.74 Å². The molecule has 0 saturated heterocycles. The van der Waals surface area contributed by atoms with E-state index in [0.717, 1.165) is 43.2 Å². The Morgan fingerprint density at radius 2 is 1.40 bits per heavy atom. The molecule has 0 spiro atoms. The minimum atomic E-state index is -0.178. The number of Topliss-reactive ketones (excluding diaryl/α,β-unsaturated/α-hetero) is 1. The molecule has 0 atom stereocenters. The molecule has 2 aromatic rings. The van der Waals surface area contributed by atoms with Crippen molar-refractivity contribution in [2.45, 2.75) is 44.9 Å². The monoisotopic (exact) mass is 338 g/mol. The first-order valence-electron chi connectivity index (χ1n) is 8.92. The summed E-state index contributed by atoms with van der Waals surface area (Å²) in [4.78, 5) is 23.3. The van der Waals surface area contributed by atoms with Gasteiger partial charge in [-0.3, -0.25) is 9.59 Å². The molecular formula is C22H26O3. The summed E-state index contributed by atoms with van der Waals surface area (Å²) in [6, 6.07) is 18.1. The van der Waals surface area contributed by atoms with Crippen LogP contribution in [0.2, 0.25) is 0 Å². The van der Waals surface area contributed by atoms with Crippen LogP contribution in [0.4, 0.5) is 0 Å². The predicted octanol–water partition coefficient (Wildman–Crippen LogP) is 4.78. The lowest BCUT2D eigenvalue weighted by Crippen LogP contribution is -2.01. The van der Waals surface area contributed by atoms with Crippen molar-refractivity contribution in [1.82, 2.24) is 0 Å². The minimum Gasteiger partial charge on any atom is -0.469 e. The summed E-state index contributed by atoms with van der Waals surface area (Å²) < 4.78 is 4.63. The number of methoxy groups -OCH3 is 1. The molecule has 0 bridgehead atoms. The summed E-state index contributed by atoms with van der Waals surface area (Å²) in [5.41, 5.74) is 3.24. The van der Waals surface area contributed by atoms with E-state index >= 15 is 0 Å². The van der Waals surface area contributed by atoms with Crippen LogP contribution in [0.3, 0.4) is 0 Å². The highest BCUT2D eigenvalue weighted by atomic mass is 16.5. The van der Waals surface area contributed by atoms with Gasteiger partial charge >= 0.3 is 5.97 Å². The molecule has 3 heteroatoms. The summed E-state index contributed by atoms with van der Waals surface area (Å²) in [5.74, 6) is 0.0245. The molecule has 0 saturated carbocycles. The summed E-state index contributed by atoms with van der Waals surface area (Å²) in [5, 5.41) is 0. The van der Waals surface area contributed by atoms with Gasteiger partial charge in [0.25, 0.3) is 0 Å². The lowest BCUT2D eigenvalue weighted by molar-refractivity contribution is -0.140. The lowest BCUT2D eigenvalue weighted by atomic mass is 10.0. The van der Waals surface area contributed by atoms with Crippen molar-refractivity contribution in [2.75, 3.05) is 7.11 Å². The molecule has 3 nitrogen and oxygen atoms in total. The quantitative estimate of drug-likeness (QED) is 0.356. The van der Waals surface area contributed by atoms with Gasteiger partial charge in [-0.2, -0.15) is 0 Å². The molecule has 0 heterocycles. The fourth-order valence-electron chi connectivity index (χ4n) is 2.80. The van der Waals surface area contributed by atoms with E-state index < -0.39 is 0 Å². The molecule has 25 heavy (non-hydrogen) atoms. The zero-order valence-corrected chi connectivity index (χ0v) is 14.9. The smallest absolute Gasteiger partial charge is 0.305 e. The second-order valence-corrected chi connectivity index (χ2v) is 6.24. The summed E-state index contributed by atoms with van der Waals surface area (Å²) >= 11 is 0. The first-order chi connectivity index (χ1) is 12.2. The SMILES string of the molecule is COC(=O)CCCc1ccc(C(=O)CCCCc2ccccc2)cc1. The number of hydrogen-bond acceptors (Lipinski definition) is 3. The van der Waals surface area contributed by atoms with Crippen LogP contribution < -0.4 is 0 Å². The highest BCUT2D eigenvalue weighted by Gasteiger charge is 2.06. The molecule has 132 valence electrons. The van der Waals surface area contributed by atoms with E-state index in [4.69, 9.17) is 0 Å². The Morgan fingerprint density at radius 3 is 2.08 bits per heavy atom. The van der Waals surface area contributed by atoms with Crippen molar-refractivity contribution in [2.24, 2.45) is 0 Å². The molecule has 0 aromatic heterocycles. The molecule has 0 amide bonds. The Labute approximate surface area is 150 Å². The maximum Gasteiger partial charge on any atom is 0.305 e. The molecule has 0 unspecified atom stereocenters. The molecule has 0 aliphatic carbocycles. The van der Waals surface area contributed by atoms with Crippen molar-refractivity contribution in [3.05, 3.63) is 71.3 Å². The second-order valence-electron chi connectivity index (χ2n) is 6.24. The summed E-state index contributed by atoms with van der Waals surface area (Å²) in [7, 11) is 1.41. The van der Waals surface area contributed by atoms with E-state index in [2.05, 4.69) is 16.9 Å². The van der Waals surface area contributed by atoms with E-state index in [1.54, 1.807) is 0 Å². The molecule has 0 fully saturated rings. The van der Waals surface area contributed by atoms with Crippen LogP contribution in [0.25, 0.3) is 0 Å². The highest BCUT2D eigenvalue weighted by Crippen LogP contribution is 2.13. The number of rotatable bonds is 10. The maximum atomic E-state index is 12.2. The van der Waals surface area contributed by atoms with Crippen molar-refractivity contribution < 1.29 is 14.3 Å². The number of ketones is 1. The molecule has 0 N–H and O–H groups in total. The van der Waals surface area contributed by atoms with Crippen LogP contribution in [0.1, 0.15) is 53.6 Å². The number of hydrogen-bond donors (Lipinski definition) is 0. The van der Waals surface area contributed by atoms with E-state index in [9.17, 15) is 9.59 Å². The van der Waals surface area contributed by atoms with E-state index in [1.807, 2.05) is 42.5 Å². The molecule has 0 radical (unpaired) electrons. The molecule has 0 aliphatic heterocycles. The largest absolute Gasteiger partial charge is 0.469 e. The molecule has 2 rings (SSSR count). The number of carbonyl (C=O) groups is 2. The minimum absolute atomic E-state index is 0.178. The van der Waals surface area contributed by atoms with Gasteiger partial charge in [0.15, 0.2) is 5.78 Å². The fourth-order valence-corrected chi connectivity index (χ4v) is 2.80. The Balaban J connectivity index is 1.69. The van der Waals surface area contributed by atoms with Crippen molar-refractivity contribution in [3.63, 3.8) is 0 Å². The highest BCUT2D eigenvalue weighted by molar-refractivity contribution is 5.96. The van der Waals surface area contributed by atoms with Crippen molar-refractivity contribution in [3.8, 4) is 0 Å². The third kappa shape index (κ3) is 6.92.